The molecule has 134 valence electrons. The minimum Gasteiger partial charge on any atom is -0.318 e. The number of thiophene rings is 1. The van der Waals surface area contributed by atoms with Crippen molar-refractivity contribution in [3.63, 3.8) is 0 Å². The molecule has 0 unspecified atom stereocenters. The fourth-order valence-electron chi connectivity index (χ4n) is 2.16. The fraction of sp³-hybridized carbons (Fsp3) is 0.118. The van der Waals surface area contributed by atoms with E-state index in [2.05, 4.69) is 15.6 Å². The van der Waals surface area contributed by atoms with E-state index in [0.717, 1.165) is 28.3 Å². The molecule has 0 bridgehead atoms. The SMILES string of the molecule is CC(=O)Nc1ccc(C(=O)Nc2ncc(Cc3ccc(F)c(F)c3)s2)s1. The number of anilines is 2. The number of hydrogen-bond acceptors (Lipinski definition) is 5. The quantitative estimate of drug-likeness (QED) is 0.680. The van der Waals surface area contributed by atoms with Gasteiger partial charge in [0.25, 0.3) is 5.91 Å². The lowest BCUT2D eigenvalue weighted by molar-refractivity contribution is -0.114. The van der Waals surface area contributed by atoms with Gasteiger partial charge in [0.05, 0.1) is 9.88 Å². The minimum atomic E-state index is -0.895. The molecule has 2 amide bonds. The predicted molar refractivity (Wildman–Crippen MR) is 97.9 cm³/mol. The summed E-state index contributed by atoms with van der Waals surface area (Å²) >= 11 is 2.41. The van der Waals surface area contributed by atoms with Crippen LogP contribution in [0.25, 0.3) is 0 Å². The van der Waals surface area contributed by atoms with Crippen molar-refractivity contribution in [3.8, 4) is 0 Å². The van der Waals surface area contributed by atoms with Gasteiger partial charge in [0, 0.05) is 24.4 Å². The molecule has 26 heavy (non-hydrogen) atoms. The van der Waals surface area contributed by atoms with Gasteiger partial charge in [0.15, 0.2) is 16.8 Å². The molecule has 5 nitrogen and oxygen atoms in total. The van der Waals surface area contributed by atoms with Crippen LogP contribution < -0.4 is 10.6 Å². The van der Waals surface area contributed by atoms with Crippen LogP contribution in [-0.4, -0.2) is 16.8 Å². The zero-order chi connectivity index (χ0) is 18.7. The van der Waals surface area contributed by atoms with Gasteiger partial charge in [0.1, 0.15) is 0 Å². The number of thiazole rings is 1. The second-order valence-corrected chi connectivity index (χ2v) is 7.56. The average molecular weight is 393 g/mol. The Hall–Kier alpha value is -2.65. The number of carbonyl (C=O) groups excluding carboxylic acids is 2. The van der Waals surface area contributed by atoms with Crippen LogP contribution in [0.2, 0.25) is 0 Å². The Morgan fingerprint density at radius 3 is 2.62 bits per heavy atom. The highest BCUT2D eigenvalue weighted by atomic mass is 32.1. The van der Waals surface area contributed by atoms with Gasteiger partial charge in [-0.15, -0.1) is 22.7 Å². The summed E-state index contributed by atoms with van der Waals surface area (Å²) in [6, 6.07) is 6.99. The highest BCUT2D eigenvalue weighted by molar-refractivity contribution is 7.18. The van der Waals surface area contributed by atoms with Crippen molar-refractivity contribution in [3.05, 3.63) is 63.5 Å². The van der Waals surface area contributed by atoms with Crippen LogP contribution in [-0.2, 0) is 11.2 Å². The Morgan fingerprint density at radius 2 is 1.88 bits per heavy atom. The van der Waals surface area contributed by atoms with Crippen molar-refractivity contribution in [2.75, 3.05) is 10.6 Å². The molecular formula is C17H13F2N3O2S2. The molecule has 0 fully saturated rings. The summed E-state index contributed by atoms with van der Waals surface area (Å²) in [5, 5.41) is 6.29. The molecule has 0 saturated heterocycles. The summed E-state index contributed by atoms with van der Waals surface area (Å²) in [4.78, 5) is 28.6. The fourth-order valence-corrected chi connectivity index (χ4v) is 3.85. The van der Waals surface area contributed by atoms with Crippen molar-refractivity contribution in [1.29, 1.82) is 0 Å². The first-order chi connectivity index (χ1) is 12.4. The van der Waals surface area contributed by atoms with Crippen molar-refractivity contribution < 1.29 is 18.4 Å². The van der Waals surface area contributed by atoms with E-state index < -0.39 is 11.6 Å². The molecule has 0 radical (unpaired) electrons. The lowest BCUT2D eigenvalue weighted by Crippen LogP contribution is -2.09. The molecule has 0 saturated carbocycles. The Morgan fingerprint density at radius 1 is 1.08 bits per heavy atom. The first kappa shape index (κ1) is 18.2. The minimum absolute atomic E-state index is 0.208. The zero-order valence-corrected chi connectivity index (χ0v) is 15.1. The first-order valence-corrected chi connectivity index (χ1v) is 9.11. The van der Waals surface area contributed by atoms with Crippen LogP contribution in [0.4, 0.5) is 18.9 Å². The molecule has 0 aliphatic carbocycles. The normalized spacial score (nSPS) is 10.6. The maximum atomic E-state index is 13.3. The molecule has 3 aromatic rings. The van der Waals surface area contributed by atoms with E-state index in [1.54, 1.807) is 18.3 Å². The van der Waals surface area contributed by atoms with Crippen LogP contribution in [0, 0.1) is 11.6 Å². The van der Waals surface area contributed by atoms with Crippen LogP contribution in [0.15, 0.2) is 36.5 Å². The Balaban J connectivity index is 1.64. The van der Waals surface area contributed by atoms with Gasteiger partial charge in [-0.2, -0.15) is 0 Å². The molecule has 9 heteroatoms. The number of nitrogens with zero attached hydrogens (tertiary/aromatic N) is 1. The molecule has 3 rings (SSSR count). The Bertz CT molecular complexity index is 969. The maximum Gasteiger partial charge on any atom is 0.267 e. The second kappa shape index (κ2) is 7.71. The van der Waals surface area contributed by atoms with Crippen LogP contribution in [0.3, 0.4) is 0 Å². The number of carbonyl (C=O) groups is 2. The van der Waals surface area contributed by atoms with Crippen molar-refractivity contribution in [2.45, 2.75) is 13.3 Å². The second-order valence-electron chi connectivity index (χ2n) is 5.36. The van der Waals surface area contributed by atoms with Crippen LogP contribution in [0.5, 0.6) is 0 Å². The molecule has 0 atom stereocenters. The van der Waals surface area contributed by atoms with Gasteiger partial charge in [-0.1, -0.05) is 6.07 Å². The van der Waals surface area contributed by atoms with Gasteiger partial charge in [-0.05, 0) is 29.8 Å². The van der Waals surface area contributed by atoms with Crippen molar-refractivity contribution >= 4 is 44.6 Å². The van der Waals surface area contributed by atoms with E-state index in [1.807, 2.05) is 0 Å². The number of rotatable bonds is 5. The first-order valence-electron chi connectivity index (χ1n) is 7.48. The summed E-state index contributed by atoms with van der Waals surface area (Å²) in [5.74, 6) is -2.32. The topological polar surface area (TPSA) is 71.1 Å². The molecule has 2 aromatic heterocycles. The van der Waals surface area contributed by atoms with Gasteiger partial charge in [0.2, 0.25) is 5.91 Å². The number of hydrogen-bond donors (Lipinski definition) is 2. The summed E-state index contributed by atoms with van der Waals surface area (Å²) in [7, 11) is 0. The van der Waals surface area contributed by atoms with E-state index in [-0.39, 0.29) is 11.8 Å². The summed E-state index contributed by atoms with van der Waals surface area (Å²) in [5.41, 5.74) is 0.614. The Kier molecular flexibility index (Phi) is 5.38. The number of aromatic nitrogens is 1. The standard InChI is InChI=1S/C17H13F2N3O2S2/c1-9(23)21-15-5-4-14(26-15)16(24)22-17-20-8-11(25-17)6-10-2-3-12(18)13(19)7-10/h2-5,7-8H,6H2,1H3,(H,21,23)(H,20,22,24). The van der Waals surface area contributed by atoms with Gasteiger partial charge in [-0.25, -0.2) is 13.8 Å². The third-order valence-corrected chi connectivity index (χ3v) is 5.18. The lowest BCUT2D eigenvalue weighted by Gasteiger charge is -2.00. The van der Waals surface area contributed by atoms with E-state index in [1.165, 1.54) is 24.3 Å². The smallest absolute Gasteiger partial charge is 0.267 e. The van der Waals surface area contributed by atoms with E-state index in [4.69, 9.17) is 0 Å². The number of halogens is 2. The largest absolute Gasteiger partial charge is 0.318 e. The van der Waals surface area contributed by atoms with Crippen molar-refractivity contribution in [1.82, 2.24) is 4.98 Å². The van der Waals surface area contributed by atoms with Gasteiger partial charge >= 0.3 is 0 Å². The average Bonchev–Trinajstić information content (AvgIpc) is 3.20. The van der Waals surface area contributed by atoms with Crippen LogP contribution >= 0.6 is 22.7 Å². The van der Waals surface area contributed by atoms with E-state index >= 15 is 0 Å². The highest BCUT2D eigenvalue weighted by Gasteiger charge is 2.13. The van der Waals surface area contributed by atoms with E-state index in [0.29, 0.717) is 27.0 Å². The monoisotopic (exact) mass is 393 g/mol. The van der Waals surface area contributed by atoms with Gasteiger partial charge < -0.3 is 5.32 Å². The summed E-state index contributed by atoms with van der Waals surface area (Å²) < 4.78 is 26.2. The molecule has 2 heterocycles. The number of amides is 2. The third-order valence-electron chi connectivity index (χ3n) is 3.27. The molecule has 0 aliphatic rings. The highest BCUT2D eigenvalue weighted by Crippen LogP contribution is 2.25. The summed E-state index contributed by atoms with van der Waals surface area (Å²) in [6.45, 7) is 1.39. The molecule has 2 N–H and O–H groups in total. The lowest BCUT2D eigenvalue weighted by atomic mass is 10.1. The van der Waals surface area contributed by atoms with E-state index in [9.17, 15) is 18.4 Å². The number of nitrogens with one attached hydrogen (secondary N) is 2. The van der Waals surface area contributed by atoms with Gasteiger partial charge in [-0.3, -0.25) is 14.9 Å². The predicted octanol–water partition coefficient (Wildman–Crippen LogP) is 4.28. The Labute approximate surface area is 155 Å². The summed E-state index contributed by atoms with van der Waals surface area (Å²) in [6.07, 6.45) is 1.97. The molecule has 0 aliphatic heterocycles. The van der Waals surface area contributed by atoms with Crippen LogP contribution in [0.1, 0.15) is 27.0 Å². The van der Waals surface area contributed by atoms with Crippen molar-refractivity contribution in [2.24, 2.45) is 0 Å². The number of benzene rings is 1. The molecular weight excluding hydrogens is 380 g/mol. The molecule has 0 spiro atoms. The zero-order valence-electron chi connectivity index (χ0n) is 13.5. The third kappa shape index (κ3) is 4.50. The maximum absolute atomic E-state index is 13.3. The molecule has 1 aromatic carbocycles.